The van der Waals surface area contributed by atoms with E-state index in [4.69, 9.17) is 5.11 Å². The Hall–Kier alpha value is -2.12. The van der Waals surface area contributed by atoms with Crippen LogP contribution in [0, 0.1) is 5.92 Å². The van der Waals surface area contributed by atoms with Gasteiger partial charge < -0.3 is 15.7 Å². The van der Waals surface area contributed by atoms with Crippen LogP contribution in [0.5, 0.6) is 0 Å². The van der Waals surface area contributed by atoms with Gasteiger partial charge in [-0.3, -0.25) is 9.89 Å². The van der Waals surface area contributed by atoms with E-state index in [0.29, 0.717) is 19.4 Å². The monoisotopic (exact) mass is 281 g/mol. The number of nitrogens with zero attached hydrogens (tertiary/aromatic N) is 2. The van der Waals surface area contributed by atoms with Gasteiger partial charge in [0.25, 0.3) is 0 Å². The summed E-state index contributed by atoms with van der Waals surface area (Å²) in [5.41, 5.74) is 0. The lowest BCUT2D eigenvalue weighted by atomic mass is 10.0. The zero-order chi connectivity index (χ0) is 14.4. The zero-order valence-corrected chi connectivity index (χ0v) is 11.1. The third-order valence-corrected chi connectivity index (χ3v) is 3.49. The number of aromatic nitrogens is 3. The normalized spacial score (nSPS) is 21.6. The van der Waals surface area contributed by atoms with Gasteiger partial charge in [0.05, 0.1) is 5.92 Å². The number of carboxylic acids is 1. The number of aryl methyl sites for hydroxylation is 1. The molecule has 1 aromatic heterocycles. The molecule has 1 aliphatic rings. The Labute approximate surface area is 116 Å². The van der Waals surface area contributed by atoms with Crippen LogP contribution in [0.15, 0.2) is 6.33 Å². The molecule has 110 valence electrons. The second kappa shape index (κ2) is 6.88. The Balaban J connectivity index is 1.64. The third-order valence-electron chi connectivity index (χ3n) is 3.49. The summed E-state index contributed by atoms with van der Waals surface area (Å²) >= 11 is 0. The molecule has 2 rings (SSSR count). The lowest BCUT2D eigenvalue weighted by Crippen LogP contribution is -2.45. The van der Waals surface area contributed by atoms with Crippen molar-refractivity contribution in [2.45, 2.75) is 38.1 Å². The number of aromatic amines is 1. The van der Waals surface area contributed by atoms with Gasteiger partial charge in [0, 0.05) is 19.0 Å². The maximum Gasteiger partial charge on any atom is 0.315 e. The fraction of sp³-hybridized carbons (Fsp3) is 0.667. The maximum absolute atomic E-state index is 11.7. The second-order valence-corrected chi connectivity index (χ2v) is 4.92. The number of aliphatic carboxylic acids is 1. The highest BCUT2D eigenvalue weighted by atomic mass is 16.4. The summed E-state index contributed by atoms with van der Waals surface area (Å²) in [5.74, 6) is -0.512. The Bertz CT molecular complexity index is 448. The number of carbonyl (C=O) groups excluding carboxylic acids is 1. The van der Waals surface area contributed by atoms with Crippen LogP contribution in [-0.4, -0.2) is 44.9 Å². The number of urea groups is 1. The largest absolute Gasteiger partial charge is 0.481 e. The average molecular weight is 281 g/mol. The molecule has 2 amide bonds. The lowest BCUT2D eigenvalue weighted by Gasteiger charge is -2.17. The number of rotatable bonds is 6. The molecular formula is C12H19N5O3. The minimum Gasteiger partial charge on any atom is -0.481 e. The molecule has 8 nitrogen and oxygen atoms in total. The predicted octanol–water partition coefficient (Wildman–Crippen LogP) is 0.290. The smallest absolute Gasteiger partial charge is 0.315 e. The van der Waals surface area contributed by atoms with Crippen molar-refractivity contribution >= 4 is 12.0 Å². The van der Waals surface area contributed by atoms with E-state index in [9.17, 15) is 9.59 Å². The van der Waals surface area contributed by atoms with Gasteiger partial charge in [0.1, 0.15) is 12.2 Å². The van der Waals surface area contributed by atoms with Crippen molar-refractivity contribution in [2.24, 2.45) is 5.92 Å². The quantitative estimate of drug-likeness (QED) is 0.559. The number of hydrogen-bond donors (Lipinski definition) is 4. The number of carbonyl (C=O) groups is 2. The third kappa shape index (κ3) is 3.94. The molecule has 1 fully saturated rings. The standard InChI is InChI=1S/C12H19N5O3/c18-11(19)8-3-1-4-9(8)16-12(20)13-6-2-5-10-14-7-15-17-10/h7-9H,1-6H2,(H,18,19)(H2,13,16,20)(H,14,15,17). The van der Waals surface area contributed by atoms with E-state index >= 15 is 0 Å². The summed E-state index contributed by atoms with van der Waals surface area (Å²) in [4.78, 5) is 26.7. The van der Waals surface area contributed by atoms with Crippen molar-refractivity contribution in [3.63, 3.8) is 0 Å². The van der Waals surface area contributed by atoms with Crippen molar-refractivity contribution in [3.05, 3.63) is 12.2 Å². The number of carboxylic acid groups (broad SMARTS) is 1. The van der Waals surface area contributed by atoms with Gasteiger partial charge in [-0.15, -0.1) is 0 Å². The molecule has 0 radical (unpaired) electrons. The molecule has 1 aliphatic carbocycles. The van der Waals surface area contributed by atoms with Crippen molar-refractivity contribution in [1.29, 1.82) is 0 Å². The minimum atomic E-state index is -0.835. The van der Waals surface area contributed by atoms with Crippen LogP contribution in [-0.2, 0) is 11.2 Å². The first-order valence-electron chi connectivity index (χ1n) is 6.78. The topological polar surface area (TPSA) is 120 Å². The van der Waals surface area contributed by atoms with Crippen molar-refractivity contribution in [3.8, 4) is 0 Å². The van der Waals surface area contributed by atoms with Crippen LogP contribution in [0.2, 0.25) is 0 Å². The van der Waals surface area contributed by atoms with Crippen LogP contribution < -0.4 is 10.6 Å². The number of nitrogens with one attached hydrogen (secondary N) is 3. The Morgan fingerprint density at radius 3 is 3.00 bits per heavy atom. The molecule has 8 heteroatoms. The van der Waals surface area contributed by atoms with Crippen LogP contribution in [0.25, 0.3) is 0 Å². The molecule has 0 spiro atoms. The summed E-state index contributed by atoms with van der Waals surface area (Å²) in [6.45, 7) is 0.511. The number of hydrogen-bond acceptors (Lipinski definition) is 4. The first-order chi connectivity index (χ1) is 9.66. The Morgan fingerprint density at radius 2 is 2.30 bits per heavy atom. The van der Waals surface area contributed by atoms with Gasteiger partial charge in [-0.25, -0.2) is 9.78 Å². The van der Waals surface area contributed by atoms with Gasteiger partial charge in [-0.1, -0.05) is 6.42 Å². The molecule has 2 unspecified atom stereocenters. The summed E-state index contributed by atoms with van der Waals surface area (Å²) in [5, 5.41) is 21.0. The molecule has 1 heterocycles. The molecule has 1 aromatic rings. The minimum absolute atomic E-state index is 0.262. The molecule has 0 saturated heterocycles. The SMILES string of the molecule is O=C(NCCCc1ncn[nH]1)NC1CCCC1C(=O)O. The number of H-pyrrole nitrogens is 1. The highest BCUT2D eigenvalue weighted by molar-refractivity contribution is 5.76. The summed E-state index contributed by atoms with van der Waals surface area (Å²) in [6, 6.07) is -0.567. The average Bonchev–Trinajstić information content (AvgIpc) is 3.05. The molecule has 0 aliphatic heterocycles. The molecular weight excluding hydrogens is 262 g/mol. The highest BCUT2D eigenvalue weighted by Crippen LogP contribution is 2.25. The molecule has 4 N–H and O–H groups in total. The fourth-order valence-corrected chi connectivity index (χ4v) is 2.46. The van der Waals surface area contributed by atoms with Crippen LogP contribution >= 0.6 is 0 Å². The van der Waals surface area contributed by atoms with Crippen molar-refractivity contribution in [2.75, 3.05) is 6.54 Å². The highest BCUT2D eigenvalue weighted by Gasteiger charge is 2.33. The molecule has 20 heavy (non-hydrogen) atoms. The van der Waals surface area contributed by atoms with E-state index < -0.39 is 11.9 Å². The maximum atomic E-state index is 11.7. The van der Waals surface area contributed by atoms with E-state index in [1.165, 1.54) is 6.33 Å². The molecule has 1 saturated carbocycles. The number of amides is 2. The van der Waals surface area contributed by atoms with Gasteiger partial charge in [0.15, 0.2) is 0 Å². The van der Waals surface area contributed by atoms with Crippen LogP contribution in [0.3, 0.4) is 0 Å². The van der Waals surface area contributed by atoms with Gasteiger partial charge in [-0.05, 0) is 19.3 Å². The molecule has 0 bridgehead atoms. The molecule has 2 atom stereocenters. The predicted molar refractivity (Wildman–Crippen MR) is 70.0 cm³/mol. The van der Waals surface area contributed by atoms with Crippen LogP contribution in [0.4, 0.5) is 4.79 Å². The summed E-state index contributed by atoms with van der Waals surface area (Å²) in [6.07, 6.45) is 5.10. The Kier molecular flexibility index (Phi) is 4.91. The van der Waals surface area contributed by atoms with Gasteiger partial charge in [0.2, 0.25) is 0 Å². The first-order valence-corrected chi connectivity index (χ1v) is 6.78. The van der Waals surface area contributed by atoms with Crippen molar-refractivity contribution in [1.82, 2.24) is 25.8 Å². The zero-order valence-electron chi connectivity index (χ0n) is 11.1. The van der Waals surface area contributed by atoms with Crippen molar-refractivity contribution < 1.29 is 14.7 Å². The van der Waals surface area contributed by atoms with Crippen LogP contribution in [0.1, 0.15) is 31.5 Å². The fourth-order valence-electron chi connectivity index (χ4n) is 2.46. The first kappa shape index (κ1) is 14.3. The lowest BCUT2D eigenvalue weighted by molar-refractivity contribution is -0.142. The van der Waals surface area contributed by atoms with Gasteiger partial charge >= 0.3 is 12.0 Å². The van der Waals surface area contributed by atoms with Gasteiger partial charge in [-0.2, -0.15) is 5.10 Å². The van der Waals surface area contributed by atoms with E-state index in [0.717, 1.165) is 25.1 Å². The molecule has 0 aromatic carbocycles. The summed E-state index contributed by atoms with van der Waals surface area (Å²) < 4.78 is 0. The van der Waals surface area contributed by atoms with E-state index in [1.54, 1.807) is 0 Å². The van der Waals surface area contributed by atoms with E-state index in [2.05, 4.69) is 25.8 Å². The summed E-state index contributed by atoms with van der Waals surface area (Å²) in [7, 11) is 0. The van der Waals surface area contributed by atoms with E-state index in [-0.39, 0.29) is 12.1 Å². The second-order valence-electron chi connectivity index (χ2n) is 4.92. The Morgan fingerprint density at radius 1 is 1.45 bits per heavy atom. The van der Waals surface area contributed by atoms with E-state index in [1.807, 2.05) is 0 Å².